The van der Waals surface area contributed by atoms with E-state index in [0.717, 1.165) is 37.5 Å². The smallest absolute Gasteiger partial charge is 0.160 e. The SMILES string of the molecule is CCN(Cc1ccc(OC)c(O)c1)CC1CCN(CCc2ccccc2C)CC1. The summed E-state index contributed by atoms with van der Waals surface area (Å²) >= 11 is 0. The van der Waals surface area contributed by atoms with Crippen LogP contribution in [-0.2, 0) is 13.0 Å². The van der Waals surface area contributed by atoms with Crippen molar-refractivity contribution in [1.82, 2.24) is 9.80 Å². The van der Waals surface area contributed by atoms with Crippen LogP contribution in [0.15, 0.2) is 42.5 Å². The first-order valence-electron chi connectivity index (χ1n) is 10.9. The predicted molar refractivity (Wildman–Crippen MR) is 120 cm³/mol. The highest BCUT2D eigenvalue weighted by atomic mass is 16.5. The minimum atomic E-state index is 0.225. The van der Waals surface area contributed by atoms with Gasteiger partial charge in [-0.3, -0.25) is 4.90 Å². The van der Waals surface area contributed by atoms with E-state index in [1.165, 1.54) is 43.6 Å². The quantitative estimate of drug-likeness (QED) is 0.678. The molecule has 0 aliphatic carbocycles. The van der Waals surface area contributed by atoms with E-state index in [2.05, 4.69) is 54.0 Å². The van der Waals surface area contributed by atoms with Gasteiger partial charge in [0.05, 0.1) is 7.11 Å². The second kappa shape index (κ2) is 10.7. The van der Waals surface area contributed by atoms with Crippen LogP contribution < -0.4 is 4.74 Å². The van der Waals surface area contributed by atoms with E-state index in [4.69, 9.17) is 4.74 Å². The zero-order chi connectivity index (χ0) is 20.6. The molecule has 0 atom stereocenters. The van der Waals surface area contributed by atoms with Crippen LogP contribution in [0.3, 0.4) is 0 Å². The number of hydrogen-bond acceptors (Lipinski definition) is 4. The van der Waals surface area contributed by atoms with Gasteiger partial charge in [0, 0.05) is 19.6 Å². The maximum Gasteiger partial charge on any atom is 0.160 e. The van der Waals surface area contributed by atoms with Gasteiger partial charge in [0.25, 0.3) is 0 Å². The van der Waals surface area contributed by atoms with Gasteiger partial charge < -0.3 is 14.7 Å². The van der Waals surface area contributed by atoms with Gasteiger partial charge in [-0.05, 0) is 80.6 Å². The summed E-state index contributed by atoms with van der Waals surface area (Å²) in [7, 11) is 1.58. The Morgan fingerprint density at radius 1 is 1.14 bits per heavy atom. The van der Waals surface area contributed by atoms with Crippen molar-refractivity contribution >= 4 is 0 Å². The lowest BCUT2D eigenvalue weighted by Crippen LogP contribution is -2.39. The van der Waals surface area contributed by atoms with Crippen LogP contribution in [-0.4, -0.2) is 54.7 Å². The van der Waals surface area contributed by atoms with E-state index in [1.807, 2.05) is 12.1 Å². The number of methoxy groups -OCH3 is 1. The molecule has 0 amide bonds. The van der Waals surface area contributed by atoms with Crippen LogP contribution in [0.25, 0.3) is 0 Å². The van der Waals surface area contributed by atoms with Crippen molar-refractivity contribution < 1.29 is 9.84 Å². The number of phenols is 1. The molecule has 1 fully saturated rings. The first-order chi connectivity index (χ1) is 14.1. The molecule has 1 aliphatic rings. The summed E-state index contributed by atoms with van der Waals surface area (Å²) in [5.74, 6) is 1.52. The van der Waals surface area contributed by atoms with Crippen molar-refractivity contribution in [2.75, 3.05) is 39.8 Å². The molecule has 2 aromatic carbocycles. The molecule has 1 heterocycles. The summed E-state index contributed by atoms with van der Waals surface area (Å²) in [6, 6.07) is 14.5. The zero-order valence-electron chi connectivity index (χ0n) is 18.2. The van der Waals surface area contributed by atoms with Gasteiger partial charge in [0.15, 0.2) is 11.5 Å². The Morgan fingerprint density at radius 2 is 1.90 bits per heavy atom. The summed E-state index contributed by atoms with van der Waals surface area (Å²) in [6.07, 6.45) is 3.70. The largest absolute Gasteiger partial charge is 0.504 e. The molecule has 29 heavy (non-hydrogen) atoms. The summed E-state index contributed by atoms with van der Waals surface area (Å²) in [5, 5.41) is 10.0. The molecule has 1 N–H and O–H groups in total. The number of aromatic hydroxyl groups is 1. The Balaban J connectivity index is 1.44. The van der Waals surface area contributed by atoms with E-state index in [0.29, 0.717) is 5.75 Å². The number of aryl methyl sites for hydroxylation is 1. The van der Waals surface area contributed by atoms with E-state index >= 15 is 0 Å². The Kier molecular flexibility index (Phi) is 7.96. The lowest BCUT2D eigenvalue weighted by Gasteiger charge is -2.34. The van der Waals surface area contributed by atoms with E-state index in [9.17, 15) is 5.11 Å². The molecule has 3 rings (SSSR count). The second-order valence-corrected chi connectivity index (χ2v) is 8.30. The molecule has 0 unspecified atom stereocenters. The maximum atomic E-state index is 10.0. The van der Waals surface area contributed by atoms with Crippen LogP contribution in [0.5, 0.6) is 11.5 Å². The molecule has 2 aromatic rings. The molecular formula is C25H36N2O2. The normalized spacial score (nSPS) is 15.7. The van der Waals surface area contributed by atoms with Gasteiger partial charge in [-0.15, -0.1) is 0 Å². The van der Waals surface area contributed by atoms with Crippen molar-refractivity contribution in [3.05, 3.63) is 59.2 Å². The molecule has 0 saturated carbocycles. The number of hydrogen-bond donors (Lipinski definition) is 1. The highest BCUT2D eigenvalue weighted by molar-refractivity contribution is 5.41. The number of nitrogens with zero attached hydrogens (tertiary/aromatic N) is 2. The van der Waals surface area contributed by atoms with Crippen molar-refractivity contribution in [3.8, 4) is 11.5 Å². The average molecular weight is 397 g/mol. The van der Waals surface area contributed by atoms with E-state index < -0.39 is 0 Å². The van der Waals surface area contributed by atoms with Crippen molar-refractivity contribution in [1.29, 1.82) is 0 Å². The Hall–Kier alpha value is -2.04. The third kappa shape index (κ3) is 6.22. The molecule has 0 spiro atoms. The molecule has 0 bridgehead atoms. The van der Waals surface area contributed by atoms with Gasteiger partial charge in [-0.1, -0.05) is 37.3 Å². The summed E-state index contributed by atoms with van der Waals surface area (Å²) in [5.41, 5.74) is 4.03. The number of piperidine rings is 1. The first kappa shape index (κ1) is 21.7. The third-order valence-electron chi connectivity index (χ3n) is 6.28. The zero-order valence-corrected chi connectivity index (χ0v) is 18.2. The minimum Gasteiger partial charge on any atom is -0.504 e. The fourth-order valence-electron chi connectivity index (χ4n) is 4.32. The molecule has 1 saturated heterocycles. The predicted octanol–water partition coefficient (Wildman–Crippen LogP) is 4.49. The monoisotopic (exact) mass is 396 g/mol. The molecule has 158 valence electrons. The van der Waals surface area contributed by atoms with Crippen molar-refractivity contribution in [3.63, 3.8) is 0 Å². The Labute approximate surface area is 176 Å². The lowest BCUT2D eigenvalue weighted by atomic mass is 9.95. The summed E-state index contributed by atoms with van der Waals surface area (Å²) < 4.78 is 5.15. The molecule has 4 heteroatoms. The highest BCUT2D eigenvalue weighted by Crippen LogP contribution is 2.27. The van der Waals surface area contributed by atoms with Crippen LogP contribution in [0.1, 0.15) is 36.5 Å². The van der Waals surface area contributed by atoms with Crippen molar-refractivity contribution in [2.24, 2.45) is 5.92 Å². The Morgan fingerprint density at radius 3 is 2.55 bits per heavy atom. The van der Waals surface area contributed by atoms with Crippen LogP contribution >= 0.6 is 0 Å². The number of phenolic OH excluding ortho intramolecular Hbond substituents is 1. The standard InChI is InChI=1S/C25H36N2O2/c1-4-26(19-22-9-10-25(29-3)24(28)17-22)18-21-11-14-27(15-12-21)16-13-23-8-6-5-7-20(23)2/h5-10,17,21,28H,4,11-16,18-19H2,1-3H3. The number of ether oxygens (including phenoxy) is 1. The molecule has 0 aromatic heterocycles. The fraction of sp³-hybridized carbons (Fsp3) is 0.520. The fourth-order valence-corrected chi connectivity index (χ4v) is 4.32. The summed E-state index contributed by atoms with van der Waals surface area (Å²) in [6.45, 7) is 11.1. The number of rotatable bonds is 9. The van der Waals surface area contributed by atoms with Crippen LogP contribution in [0.4, 0.5) is 0 Å². The second-order valence-electron chi connectivity index (χ2n) is 8.30. The van der Waals surface area contributed by atoms with E-state index in [-0.39, 0.29) is 5.75 Å². The lowest BCUT2D eigenvalue weighted by molar-refractivity contribution is 0.143. The van der Waals surface area contributed by atoms with Crippen LogP contribution in [0, 0.1) is 12.8 Å². The average Bonchev–Trinajstić information content (AvgIpc) is 2.74. The van der Waals surface area contributed by atoms with Crippen LogP contribution in [0.2, 0.25) is 0 Å². The molecule has 1 aliphatic heterocycles. The minimum absolute atomic E-state index is 0.225. The number of likely N-dealkylation sites (tertiary alicyclic amines) is 1. The van der Waals surface area contributed by atoms with Gasteiger partial charge in [-0.2, -0.15) is 0 Å². The molecule has 0 radical (unpaired) electrons. The molecule has 4 nitrogen and oxygen atoms in total. The van der Waals surface area contributed by atoms with Gasteiger partial charge in [0.2, 0.25) is 0 Å². The topological polar surface area (TPSA) is 35.9 Å². The number of benzene rings is 2. The Bertz CT molecular complexity index is 769. The third-order valence-corrected chi connectivity index (χ3v) is 6.28. The van der Waals surface area contributed by atoms with Crippen molar-refractivity contribution in [2.45, 2.75) is 39.7 Å². The summed E-state index contributed by atoms with van der Waals surface area (Å²) in [4.78, 5) is 5.12. The first-order valence-corrected chi connectivity index (χ1v) is 10.9. The van der Waals surface area contributed by atoms with Gasteiger partial charge in [-0.25, -0.2) is 0 Å². The van der Waals surface area contributed by atoms with E-state index in [1.54, 1.807) is 7.11 Å². The molecular weight excluding hydrogens is 360 g/mol. The maximum absolute atomic E-state index is 10.0. The van der Waals surface area contributed by atoms with Gasteiger partial charge >= 0.3 is 0 Å². The van der Waals surface area contributed by atoms with Gasteiger partial charge in [0.1, 0.15) is 0 Å². The highest BCUT2D eigenvalue weighted by Gasteiger charge is 2.21.